The van der Waals surface area contributed by atoms with Crippen molar-refractivity contribution in [2.75, 3.05) is 18.0 Å². The normalized spacial score (nSPS) is 11.1. The van der Waals surface area contributed by atoms with Gasteiger partial charge < -0.3 is 10.2 Å². The molecule has 0 unspecified atom stereocenters. The molecule has 1 N–H and O–H groups in total. The van der Waals surface area contributed by atoms with E-state index >= 15 is 0 Å². The van der Waals surface area contributed by atoms with E-state index in [4.69, 9.17) is 0 Å². The standard InChI is InChI=1S/C15H26N4/c1-6-7-19(13(4)5)15-11-17-14(10-18-15)9-16-8-12(2)3/h6,10-13,16H,1,7-9H2,2-5H3. The lowest BCUT2D eigenvalue weighted by molar-refractivity contribution is 0.547. The first-order valence-electron chi connectivity index (χ1n) is 6.93. The van der Waals surface area contributed by atoms with Gasteiger partial charge in [-0.2, -0.15) is 0 Å². The van der Waals surface area contributed by atoms with Gasteiger partial charge in [-0.1, -0.05) is 19.9 Å². The van der Waals surface area contributed by atoms with Crippen molar-refractivity contribution in [1.29, 1.82) is 0 Å². The molecule has 19 heavy (non-hydrogen) atoms. The highest BCUT2D eigenvalue weighted by molar-refractivity contribution is 5.37. The zero-order chi connectivity index (χ0) is 14.3. The van der Waals surface area contributed by atoms with Crippen LogP contribution in [0.25, 0.3) is 0 Å². The number of nitrogens with one attached hydrogen (secondary N) is 1. The number of aromatic nitrogens is 2. The van der Waals surface area contributed by atoms with Gasteiger partial charge in [0.25, 0.3) is 0 Å². The molecule has 0 saturated carbocycles. The molecule has 0 atom stereocenters. The van der Waals surface area contributed by atoms with E-state index in [0.717, 1.165) is 31.1 Å². The minimum absolute atomic E-state index is 0.386. The molecule has 1 heterocycles. The van der Waals surface area contributed by atoms with E-state index in [1.807, 2.05) is 18.5 Å². The van der Waals surface area contributed by atoms with Crippen LogP contribution >= 0.6 is 0 Å². The van der Waals surface area contributed by atoms with Gasteiger partial charge in [0.05, 0.1) is 18.1 Å². The van der Waals surface area contributed by atoms with Crippen molar-refractivity contribution in [3.63, 3.8) is 0 Å². The maximum atomic E-state index is 4.49. The molecule has 0 aliphatic rings. The van der Waals surface area contributed by atoms with Gasteiger partial charge in [0.15, 0.2) is 0 Å². The quantitative estimate of drug-likeness (QED) is 0.731. The van der Waals surface area contributed by atoms with Gasteiger partial charge in [-0.05, 0) is 26.3 Å². The molecule has 0 aromatic carbocycles. The van der Waals surface area contributed by atoms with Crippen LogP contribution in [-0.4, -0.2) is 29.1 Å². The van der Waals surface area contributed by atoms with Gasteiger partial charge in [-0.3, -0.25) is 4.98 Å². The summed E-state index contributed by atoms with van der Waals surface area (Å²) in [6.07, 6.45) is 5.58. The molecule has 0 bridgehead atoms. The maximum Gasteiger partial charge on any atom is 0.147 e. The Bertz CT molecular complexity index is 370. The first kappa shape index (κ1) is 15.6. The van der Waals surface area contributed by atoms with Gasteiger partial charge in [-0.15, -0.1) is 6.58 Å². The monoisotopic (exact) mass is 262 g/mol. The molecule has 0 aliphatic carbocycles. The number of rotatable bonds is 8. The number of nitrogens with zero attached hydrogens (tertiary/aromatic N) is 3. The van der Waals surface area contributed by atoms with Crippen molar-refractivity contribution < 1.29 is 0 Å². The molecule has 0 fully saturated rings. The van der Waals surface area contributed by atoms with Crippen LogP contribution in [0.1, 0.15) is 33.4 Å². The highest BCUT2D eigenvalue weighted by Crippen LogP contribution is 2.12. The van der Waals surface area contributed by atoms with Crippen LogP contribution in [0.5, 0.6) is 0 Å². The molecule has 1 aromatic rings. The van der Waals surface area contributed by atoms with Crippen molar-refractivity contribution in [2.45, 2.75) is 40.3 Å². The summed E-state index contributed by atoms with van der Waals surface area (Å²) in [7, 11) is 0. The van der Waals surface area contributed by atoms with Crippen LogP contribution in [0.2, 0.25) is 0 Å². The minimum atomic E-state index is 0.386. The van der Waals surface area contributed by atoms with Crippen LogP contribution in [0.15, 0.2) is 25.0 Å². The van der Waals surface area contributed by atoms with Gasteiger partial charge in [0.1, 0.15) is 5.82 Å². The van der Waals surface area contributed by atoms with Crippen LogP contribution in [0, 0.1) is 5.92 Å². The summed E-state index contributed by atoms with van der Waals surface area (Å²) in [6, 6.07) is 0.386. The minimum Gasteiger partial charge on any atom is -0.349 e. The summed E-state index contributed by atoms with van der Waals surface area (Å²) in [5.74, 6) is 1.55. The van der Waals surface area contributed by atoms with Gasteiger partial charge in [-0.25, -0.2) is 4.98 Å². The third-order valence-electron chi connectivity index (χ3n) is 2.79. The molecule has 0 radical (unpaired) electrons. The average Bonchev–Trinajstić information content (AvgIpc) is 2.36. The average molecular weight is 262 g/mol. The van der Waals surface area contributed by atoms with Gasteiger partial charge in [0.2, 0.25) is 0 Å². The Morgan fingerprint density at radius 1 is 1.26 bits per heavy atom. The molecule has 106 valence electrons. The Balaban J connectivity index is 2.61. The summed E-state index contributed by atoms with van der Waals surface area (Å²) in [6.45, 7) is 15.0. The fraction of sp³-hybridized carbons (Fsp3) is 0.600. The zero-order valence-electron chi connectivity index (χ0n) is 12.6. The molecule has 4 nitrogen and oxygen atoms in total. The van der Waals surface area contributed by atoms with E-state index < -0.39 is 0 Å². The van der Waals surface area contributed by atoms with E-state index in [1.165, 1.54) is 0 Å². The van der Waals surface area contributed by atoms with E-state index in [2.05, 4.69) is 54.5 Å². The Kier molecular flexibility index (Phi) is 6.50. The second kappa shape index (κ2) is 7.89. The fourth-order valence-electron chi connectivity index (χ4n) is 1.78. The van der Waals surface area contributed by atoms with Gasteiger partial charge >= 0.3 is 0 Å². The summed E-state index contributed by atoms with van der Waals surface area (Å²) in [5, 5.41) is 3.37. The molecular weight excluding hydrogens is 236 g/mol. The highest BCUT2D eigenvalue weighted by Gasteiger charge is 2.10. The smallest absolute Gasteiger partial charge is 0.147 e. The lowest BCUT2D eigenvalue weighted by Gasteiger charge is -2.26. The van der Waals surface area contributed by atoms with Crippen LogP contribution < -0.4 is 10.2 Å². The van der Waals surface area contributed by atoms with Crippen molar-refractivity contribution in [2.24, 2.45) is 5.92 Å². The van der Waals surface area contributed by atoms with Crippen molar-refractivity contribution in [1.82, 2.24) is 15.3 Å². The largest absolute Gasteiger partial charge is 0.349 e. The molecule has 1 aromatic heterocycles. The number of hydrogen-bond donors (Lipinski definition) is 1. The van der Waals surface area contributed by atoms with Crippen molar-refractivity contribution >= 4 is 5.82 Å². The van der Waals surface area contributed by atoms with Crippen molar-refractivity contribution in [3.05, 3.63) is 30.7 Å². The lowest BCUT2D eigenvalue weighted by atomic mass is 10.2. The number of hydrogen-bond acceptors (Lipinski definition) is 4. The fourth-order valence-corrected chi connectivity index (χ4v) is 1.78. The summed E-state index contributed by atoms with van der Waals surface area (Å²) >= 11 is 0. The Morgan fingerprint density at radius 3 is 2.47 bits per heavy atom. The second-order valence-electron chi connectivity index (χ2n) is 5.43. The topological polar surface area (TPSA) is 41.1 Å². The predicted molar refractivity (Wildman–Crippen MR) is 81.3 cm³/mol. The van der Waals surface area contributed by atoms with Crippen LogP contribution in [0.3, 0.4) is 0 Å². The molecule has 0 aliphatic heterocycles. The lowest BCUT2D eigenvalue weighted by Crippen LogP contribution is -2.31. The first-order valence-corrected chi connectivity index (χ1v) is 6.93. The summed E-state index contributed by atoms with van der Waals surface area (Å²) < 4.78 is 0. The third-order valence-corrected chi connectivity index (χ3v) is 2.79. The maximum absolute atomic E-state index is 4.49. The van der Waals surface area contributed by atoms with Crippen molar-refractivity contribution in [3.8, 4) is 0 Å². The Labute approximate surface area is 117 Å². The Morgan fingerprint density at radius 2 is 2.00 bits per heavy atom. The first-order chi connectivity index (χ1) is 9.04. The molecule has 1 rings (SSSR count). The molecule has 0 spiro atoms. The second-order valence-corrected chi connectivity index (χ2v) is 5.43. The zero-order valence-corrected chi connectivity index (χ0v) is 12.6. The van der Waals surface area contributed by atoms with E-state index in [0.29, 0.717) is 12.0 Å². The molecule has 4 heteroatoms. The predicted octanol–water partition coefficient (Wildman–Crippen LogP) is 2.62. The van der Waals surface area contributed by atoms with E-state index in [-0.39, 0.29) is 0 Å². The summed E-state index contributed by atoms with van der Waals surface area (Å²) in [5.41, 5.74) is 0.978. The Hall–Kier alpha value is -1.42. The van der Waals surface area contributed by atoms with E-state index in [9.17, 15) is 0 Å². The molecular formula is C15H26N4. The van der Waals surface area contributed by atoms with Crippen LogP contribution in [-0.2, 0) is 6.54 Å². The van der Waals surface area contributed by atoms with E-state index in [1.54, 1.807) is 0 Å². The number of anilines is 1. The molecule has 0 amide bonds. The summed E-state index contributed by atoms with van der Waals surface area (Å²) in [4.78, 5) is 11.1. The van der Waals surface area contributed by atoms with Gasteiger partial charge in [0, 0.05) is 19.1 Å². The van der Waals surface area contributed by atoms with Crippen LogP contribution in [0.4, 0.5) is 5.82 Å². The SMILES string of the molecule is C=CCN(c1cnc(CNCC(C)C)cn1)C(C)C. The molecule has 0 saturated heterocycles. The third kappa shape index (κ3) is 5.39. The highest BCUT2D eigenvalue weighted by atomic mass is 15.2.